The Morgan fingerprint density at radius 3 is 2.94 bits per heavy atom. The standard InChI is InChI=1S/C10H11N3O3/c11-6-4-8(14)13(5-6)9-7(10(15)16)2-1-3-12-9/h1-3,6H,4-5,11H2,(H,15,16). The average molecular weight is 221 g/mol. The molecule has 0 aliphatic carbocycles. The fourth-order valence-electron chi connectivity index (χ4n) is 1.72. The highest BCUT2D eigenvalue weighted by Crippen LogP contribution is 2.22. The molecule has 2 heterocycles. The number of amides is 1. The van der Waals surface area contributed by atoms with Crippen LogP contribution in [0.4, 0.5) is 5.82 Å². The zero-order valence-electron chi connectivity index (χ0n) is 8.46. The fourth-order valence-corrected chi connectivity index (χ4v) is 1.72. The summed E-state index contributed by atoms with van der Waals surface area (Å²) < 4.78 is 0. The first-order chi connectivity index (χ1) is 7.59. The zero-order valence-corrected chi connectivity index (χ0v) is 8.46. The molecule has 1 unspecified atom stereocenters. The Hall–Kier alpha value is -1.95. The van der Waals surface area contributed by atoms with E-state index in [2.05, 4.69) is 4.98 Å². The highest BCUT2D eigenvalue weighted by molar-refractivity contribution is 6.02. The molecular weight excluding hydrogens is 210 g/mol. The predicted octanol–water partition coefficient (Wildman–Crippen LogP) is -0.156. The summed E-state index contributed by atoms with van der Waals surface area (Å²) >= 11 is 0. The average Bonchev–Trinajstić information content (AvgIpc) is 2.57. The quantitative estimate of drug-likeness (QED) is 0.723. The zero-order chi connectivity index (χ0) is 11.7. The minimum absolute atomic E-state index is 0.0185. The third kappa shape index (κ3) is 1.74. The Labute approximate surface area is 91.7 Å². The third-order valence-electron chi connectivity index (χ3n) is 2.43. The van der Waals surface area contributed by atoms with Gasteiger partial charge >= 0.3 is 5.97 Å². The molecule has 1 atom stereocenters. The summed E-state index contributed by atoms with van der Waals surface area (Å²) in [5.74, 6) is -1.11. The highest BCUT2D eigenvalue weighted by atomic mass is 16.4. The number of carbonyl (C=O) groups excluding carboxylic acids is 1. The minimum Gasteiger partial charge on any atom is -0.478 e. The largest absolute Gasteiger partial charge is 0.478 e. The van der Waals surface area contributed by atoms with E-state index >= 15 is 0 Å². The van der Waals surface area contributed by atoms with Crippen molar-refractivity contribution in [3.8, 4) is 0 Å². The van der Waals surface area contributed by atoms with Crippen LogP contribution in [-0.4, -0.2) is 34.6 Å². The van der Waals surface area contributed by atoms with Crippen LogP contribution in [-0.2, 0) is 4.79 Å². The summed E-state index contributed by atoms with van der Waals surface area (Å²) in [5, 5.41) is 8.97. The Balaban J connectivity index is 2.40. The van der Waals surface area contributed by atoms with Crippen LogP contribution in [0.3, 0.4) is 0 Å². The smallest absolute Gasteiger partial charge is 0.339 e. The minimum atomic E-state index is -1.10. The summed E-state index contributed by atoms with van der Waals surface area (Å²) in [6, 6.07) is 2.69. The Bertz CT molecular complexity index is 447. The van der Waals surface area contributed by atoms with Crippen LogP contribution in [0.5, 0.6) is 0 Å². The Morgan fingerprint density at radius 1 is 1.62 bits per heavy atom. The lowest BCUT2D eigenvalue weighted by molar-refractivity contribution is -0.117. The number of rotatable bonds is 2. The van der Waals surface area contributed by atoms with E-state index in [0.717, 1.165) is 0 Å². The van der Waals surface area contributed by atoms with Crippen molar-refractivity contribution in [2.75, 3.05) is 11.4 Å². The second-order valence-corrected chi connectivity index (χ2v) is 3.65. The molecule has 0 bridgehead atoms. The molecule has 84 valence electrons. The van der Waals surface area contributed by atoms with Crippen LogP contribution in [0.15, 0.2) is 18.3 Å². The molecule has 6 nitrogen and oxygen atoms in total. The molecule has 1 aliphatic heterocycles. The number of pyridine rings is 1. The lowest BCUT2D eigenvalue weighted by Gasteiger charge is -2.16. The number of aromatic carboxylic acids is 1. The first-order valence-electron chi connectivity index (χ1n) is 4.84. The number of hydrogen-bond donors (Lipinski definition) is 2. The maximum Gasteiger partial charge on any atom is 0.339 e. The number of carbonyl (C=O) groups is 2. The molecule has 3 N–H and O–H groups in total. The van der Waals surface area contributed by atoms with Crippen LogP contribution in [0, 0.1) is 0 Å². The van der Waals surface area contributed by atoms with Crippen molar-refractivity contribution >= 4 is 17.7 Å². The predicted molar refractivity (Wildman–Crippen MR) is 56.1 cm³/mol. The number of nitrogens with zero attached hydrogens (tertiary/aromatic N) is 2. The van der Waals surface area contributed by atoms with E-state index in [-0.39, 0.29) is 29.8 Å². The van der Waals surface area contributed by atoms with Crippen molar-refractivity contribution in [3.05, 3.63) is 23.9 Å². The summed E-state index contributed by atoms with van der Waals surface area (Å²) in [6.45, 7) is 0.316. The second kappa shape index (κ2) is 3.90. The molecular formula is C10H11N3O3. The van der Waals surface area contributed by atoms with Crippen molar-refractivity contribution in [3.63, 3.8) is 0 Å². The summed E-state index contributed by atoms with van der Waals surface area (Å²) in [7, 11) is 0. The number of aromatic nitrogens is 1. The molecule has 0 spiro atoms. The van der Waals surface area contributed by atoms with E-state index in [1.165, 1.54) is 23.2 Å². The Morgan fingerprint density at radius 2 is 2.38 bits per heavy atom. The van der Waals surface area contributed by atoms with Gasteiger partial charge in [0.15, 0.2) is 0 Å². The molecule has 0 saturated carbocycles. The maximum absolute atomic E-state index is 11.6. The highest BCUT2D eigenvalue weighted by Gasteiger charge is 2.31. The van der Waals surface area contributed by atoms with E-state index < -0.39 is 5.97 Å². The molecule has 1 aromatic heterocycles. The van der Waals surface area contributed by atoms with Crippen LogP contribution in [0.1, 0.15) is 16.8 Å². The molecule has 2 rings (SSSR count). The second-order valence-electron chi connectivity index (χ2n) is 3.65. The van der Waals surface area contributed by atoms with Crippen molar-refractivity contribution in [1.29, 1.82) is 0 Å². The first kappa shape index (κ1) is 10.6. The third-order valence-corrected chi connectivity index (χ3v) is 2.43. The van der Waals surface area contributed by atoms with Gasteiger partial charge in [-0.1, -0.05) is 0 Å². The summed E-state index contributed by atoms with van der Waals surface area (Å²) in [5.41, 5.74) is 5.66. The molecule has 1 saturated heterocycles. The number of carboxylic acids is 1. The van der Waals surface area contributed by atoms with Gasteiger partial charge in [-0.05, 0) is 12.1 Å². The molecule has 1 aromatic rings. The van der Waals surface area contributed by atoms with Crippen LogP contribution in [0.25, 0.3) is 0 Å². The molecule has 0 radical (unpaired) electrons. The normalized spacial score (nSPS) is 20.2. The summed E-state index contributed by atoms with van der Waals surface area (Å²) in [6.07, 6.45) is 1.69. The summed E-state index contributed by atoms with van der Waals surface area (Å²) in [4.78, 5) is 27.8. The fraction of sp³-hybridized carbons (Fsp3) is 0.300. The van der Waals surface area contributed by atoms with Gasteiger partial charge in [-0.15, -0.1) is 0 Å². The van der Waals surface area contributed by atoms with Gasteiger partial charge in [-0.3, -0.25) is 9.69 Å². The molecule has 1 aliphatic rings. The topological polar surface area (TPSA) is 96.5 Å². The molecule has 1 fully saturated rings. The van der Waals surface area contributed by atoms with Crippen LogP contribution >= 0.6 is 0 Å². The van der Waals surface area contributed by atoms with Crippen LogP contribution < -0.4 is 10.6 Å². The van der Waals surface area contributed by atoms with Crippen molar-refractivity contribution in [1.82, 2.24) is 4.98 Å². The molecule has 6 heteroatoms. The van der Waals surface area contributed by atoms with Gasteiger partial charge in [-0.2, -0.15) is 0 Å². The lowest BCUT2D eigenvalue weighted by atomic mass is 10.2. The van der Waals surface area contributed by atoms with E-state index in [0.29, 0.717) is 6.54 Å². The monoisotopic (exact) mass is 221 g/mol. The number of nitrogens with two attached hydrogens (primary N) is 1. The number of hydrogen-bond acceptors (Lipinski definition) is 4. The van der Waals surface area contributed by atoms with Gasteiger partial charge < -0.3 is 10.8 Å². The molecule has 1 amide bonds. The Kier molecular flexibility index (Phi) is 2.57. The van der Waals surface area contributed by atoms with Gasteiger partial charge in [0.05, 0.1) is 0 Å². The molecule has 16 heavy (non-hydrogen) atoms. The van der Waals surface area contributed by atoms with Crippen molar-refractivity contribution in [2.24, 2.45) is 5.73 Å². The van der Waals surface area contributed by atoms with Gasteiger partial charge in [0.2, 0.25) is 5.91 Å². The maximum atomic E-state index is 11.6. The van der Waals surface area contributed by atoms with Crippen molar-refractivity contribution < 1.29 is 14.7 Å². The van der Waals surface area contributed by atoms with E-state index in [9.17, 15) is 9.59 Å². The van der Waals surface area contributed by atoms with Crippen molar-refractivity contribution in [2.45, 2.75) is 12.5 Å². The molecule has 0 aromatic carbocycles. The van der Waals surface area contributed by atoms with Gasteiger partial charge in [0.1, 0.15) is 11.4 Å². The number of anilines is 1. The van der Waals surface area contributed by atoms with Gasteiger partial charge in [0.25, 0.3) is 0 Å². The first-order valence-corrected chi connectivity index (χ1v) is 4.84. The number of carboxylic acid groups (broad SMARTS) is 1. The van der Waals surface area contributed by atoms with Gasteiger partial charge in [0, 0.05) is 25.2 Å². The van der Waals surface area contributed by atoms with Gasteiger partial charge in [-0.25, -0.2) is 9.78 Å². The lowest BCUT2D eigenvalue weighted by Crippen LogP contribution is -2.30. The van der Waals surface area contributed by atoms with Crippen LogP contribution in [0.2, 0.25) is 0 Å². The van der Waals surface area contributed by atoms with E-state index in [1.807, 2.05) is 0 Å². The van der Waals surface area contributed by atoms with E-state index in [4.69, 9.17) is 10.8 Å². The van der Waals surface area contributed by atoms with E-state index in [1.54, 1.807) is 0 Å². The SMILES string of the molecule is NC1CC(=O)N(c2ncccc2C(=O)O)C1.